The summed E-state index contributed by atoms with van der Waals surface area (Å²) in [5, 5.41) is 2.87. The zero-order chi connectivity index (χ0) is 21.0. The Morgan fingerprint density at radius 1 is 0.933 bits per heavy atom. The Morgan fingerprint density at radius 3 is 2.20 bits per heavy atom. The second-order valence-corrected chi connectivity index (χ2v) is 10.0. The number of carbonyl (C=O) groups is 1. The molecule has 1 saturated carbocycles. The molecule has 0 spiro atoms. The van der Waals surface area contributed by atoms with Crippen LogP contribution in [0.4, 0.5) is 5.69 Å². The largest absolute Gasteiger partial charge is 0.490 e. The lowest BCUT2D eigenvalue weighted by Gasteiger charge is -2.15. The first kappa shape index (κ1) is 20.9. The van der Waals surface area contributed by atoms with E-state index in [1.807, 2.05) is 24.3 Å². The van der Waals surface area contributed by atoms with Gasteiger partial charge in [0.2, 0.25) is 10.0 Å². The minimum Gasteiger partial charge on any atom is -0.490 e. The molecule has 0 atom stereocenters. The summed E-state index contributed by atoms with van der Waals surface area (Å²) in [6, 6.07) is 14.2. The molecule has 6 nitrogen and oxygen atoms in total. The maximum Gasteiger partial charge on any atom is 0.255 e. The monoisotopic (exact) mass is 428 g/mol. The van der Waals surface area contributed by atoms with E-state index in [0.717, 1.165) is 31.4 Å². The molecule has 30 heavy (non-hydrogen) atoms. The van der Waals surface area contributed by atoms with Gasteiger partial charge in [0.05, 0.1) is 11.9 Å². The third-order valence-electron chi connectivity index (χ3n) is 5.74. The third-order valence-corrected chi connectivity index (χ3v) is 7.59. The van der Waals surface area contributed by atoms with Crippen molar-refractivity contribution in [2.24, 2.45) is 0 Å². The molecule has 4 rings (SSSR count). The predicted molar refractivity (Wildman–Crippen MR) is 117 cm³/mol. The zero-order valence-electron chi connectivity index (χ0n) is 17.0. The van der Waals surface area contributed by atoms with E-state index >= 15 is 0 Å². The quantitative estimate of drug-likeness (QED) is 0.718. The Morgan fingerprint density at radius 2 is 1.57 bits per heavy atom. The van der Waals surface area contributed by atoms with E-state index in [1.165, 1.54) is 12.8 Å². The summed E-state index contributed by atoms with van der Waals surface area (Å²) in [6.45, 7) is 1.21. The van der Waals surface area contributed by atoms with Crippen LogP contribution in [0.1, 0.15) is 54.4 Å². The summed E-state index contributed by atoms with van der Waals surface area (Å²) >= 11 is 0. The molecule has 2 aromatic rings. The Kier molecular flexibility index (Phi) is 6.39. The number of anilines is 1. The van der Waals surface area contributed by atoms with E-state index in [2.05, 4.69) is 5.32 Å². The molecule has 2 fully saturated rings. The number of ether oxygens (including phenoxy) is 1. The van der Waals surface area contributed by atoms with Gasteiger partial charge < -0.3 is 10.1 Å². The van der Waals surface area contributed by atoms with E-state index in [4.69, 9.17) is 4.74 Å². The van der Waals surface area contributed by atoms with Gasteiger partial charge in [0, 0.05) is 24.3 Å². The first-order valence-corrected chi connectivity index (χ1v) is 12.3. The number of benzene rings is 2. The molecule has 0 unspecified atom stereocenters. The first-order chi connectivity index (χ1) is 14.5. The fourth-order valence-electron chi connectivity index (χ4n) is 4.04. The van der Waals surface area contributed by atoms with Crippen molar-refractivity contribution in [3.8, 4) is 5.75 Å². The van der Waals surface area contributed by atoms with Gasteiger partial charge in [-0.15, -0.1) is 0 Å². The summed E-state index contributed by atoms with van der Waals surface area (Å²) in [5.41, 5.74) is 1.87. The van der Waals surface area contributed by atoms with Crippen molar-refractivity contribution < 1.29 is 17.9 Å². The number of rotatable bonds is 7. The Labute approximate surface area is 178 Å². The maximum atomic E-state index is 12.5. The van der Waals surface area contributed by atoms with Gasteiger partial charge in [0.15, 0.2) is 0 Å². The summed E-state index contributed by atoms with van der Waals surface area (Å²) in [6.07, 6.45) is 6.81. The number of sulfonamides is 1. The molecule has 1 heterocycles. The van der Waals surface area contributed by atoms with Crippen molar-refractivity contribution in [2.45, 2.75) is 50.4 Å². The molecular weight excluding hydrogens is 400 g/mol. The average molecular weight is 429 g/mol. The number of hydrogen-bond donors (Lipinski definition) is 1. The normalized spacial score (nSPS) is 17.9. The Hall–Kier alpha value is -2.38. The predicted octanol–water partition coefficient (Wildman–Crippen LogP) is 4.19. The van der Waals surface area contributed by atoms with Crippen LogP contribution in [0, 0.1) is 0 Å². The van der Waals surface area contributed by atoms with Gasteiger partial charge in [0.1, 0.15) is 5.75 Å². The van der Waals surface area contributed by atoms with E-state index in [-0.39, 0.29) is 11.7 Å². The van der Waals surface area contributed by atoms with Crippen molar-refractivity contribution in [2.75, 3.05) is 18.4 Å². The second kappa shape index (κ2) is 9.18. The van der Waals surface area contributed by atoms with Crippen molar-refractivity contribution >= 4 is 21.6 Å². The summed E-state index contributed by atoms with van der Waals surface area (Å²) in [5.74, 6) is 0.564. The standard InChI is InChI=1S/C23H28N2O4S/c26-23(24-20-11-13-22(14-12-20)29-21-5-1-2-6-21)19-9-7-18(8-10-19)17-30(27,28)25-15-3-4-16-25/h7-14,21H,1-6,15-17H2,(H,24,26). The Bertz CT molecular complexity index is 959. The van der Waals surface area contributed by atoms with Crippen molar-refractivity contribution in [3.63, 3.8) is 0 Å². The highest BCUT2D eigenvalue weighted by atomic mass is 32.2. The van der Waals surface area contributed by atoms with Crippen LogP contribution in [0.5, 0.6) is 5.75 Å². The van der Waals surface area contributed by atoms with E-state index in [9.17, 15) is 13.2 Å². The maximum absolute atomic E-state index is 12.5. The number of nitrogens with zero attached hydrogens (tertiary/aromatic N) is 1. The lowest BCUT2D eigenvalue weighted by Crippen LogP contribution is -2.29. The third kappa shape index (κ3) is 5.21. The van der Waals surface area contributed by atoms with Crippen LogP contribution in [-0.2, 0) is 15.8 Å². The minimum absolute atomic E-state index is 0.0304. The number of hydrogen-bond acceptors (Lipinski definition) is 4. The molecule has 1 aliphatic heterocycles. The van der Waals surface area contributed by atoms with Crippen LogP contribution in [0.15, 0.2) is 48.5 Å². The zero-order valence-corrected chi connectivity index (χ0v) is 17.9. The van der Waals surface area contributed by atoms with Crippen LogP contribution < -0.4 is 10.1 Å². The summed E-state index contributed by atoms with van der Waals surface area (Å²) < 4.78 is 32.4. The molecule has 2 aromatic carbocycles. The molecule has 0 radical (unpaired) electrons. The van der Waals surface area contributed by atoms with Crippen molar-refractivity contribution in [1.82, 2.24) is 4.31 Å². The molecule has 2 aliphatic rings. The highest BCUT2D eigenvalue weighted by molar-refractivity contribution is 7.88. The fraction of sp³-hybridized carbons (Fsp3) is 0.435. The van der Waals surface area contributed by atoms with E-state index in [0.29, 0.717) is 36.0 Å². The van der Waals surface area contributed by atoms with Gasteiger partial charge in [-0.1, -0.05) is 12.1 Å². The van der Waals surface area contributed by atoms with Gasteiger partial charge >= 0.3 is 0 Å². The topological polar surface area (TPSA) is 75.7 Å². The fourth-order valence-corrected chi connectivity index (χ4v) is 5.65. The molecule has 7 heteroatoms. The van der Waals surface area contributed by atoms with Gasteiger partial charge in [-0.25, -0.2) is 12.7 Å². The molecule has 1 aliphatic carbocycles. The lowest BCUT2D eigenvalue weighted by atomic mass is 10.1. The number of amides is 1. The number of nitrogens with one attached hydrogen (secondary N) is 1. The minimum atomic E-state index is -3.29. The Balaban J connectivity index is 1.33. The van der Waals surface area contributed by atoms with Crippen molar-refractivity contribution in [1.29, 1.82) is 0 Å². The lowest BCUT2D eigenvalue weighted by molar-refractivity contribution is 0.102. The van der Waals surface area contributed by atoms with Crippen molar-refractivity contribution in [3.05, 3.63) is 59.7 Å². The van der Waals surface area contributed by atoms with Gasteiger partial charge in [0.25, 0.3) is 5.91 Å². The highest BCUT2D eigenvalue weighted by Gasteiger charge is 2.25. The molecule has 1 saturated heterocycles. The average Bonchev–Trinajstić information content (AvgIpc) is 3.44. The second-order valence-electron chi connectivity index (χ2n) is 8.06. The van der Waals surface area contributed by atoms with Gasteiger partial charge in [-0.05, 0) is 80.5 Å². The highest BCUT2D eigenvalue weighted by Crippen LogP contribution is 2.25. The summed E-state index contributed by atoms with van der Waals surface area (Å²) in [4.78, 5) is 12.5. The van der Waals surface area contributed by atoms with Crippen LogP contribution in [0.25, 0.3) is 0 Å². The molecule has 1 N–H and O–H groups in total. The molecule has 160 valence electrons. The summed E-state index contributed by atoms with van der Waals surface area (Å²) in [7, 11) is -3.29. The molecular formula is C23H28N2O4S. The van der Waals surface area contributed by atoms with Gasteiger partial charge in [-0.2, -0.15) is 0 Å². The van der Waals surface area contributed by atoms with Crippen LogP contribution in [0.2, 0.25) is 0 Å². The van der Waals surface area contributed by atoms with Crippen LogP contribution >= 0.6 is 0 Å². The molecule has 1 amide bonds. The number of carbonyl (C=O) groups excluding carboxylic acids is 1. The van der Waals surface area contributed by atoms with E-state index in [1.54, 1.807) is 28.6 Å². The van der Waals surface area contributed by atoms with Crippen LogP contribution in [0.3, 0.4) is 0 Å². The first-order valence-electron chi connectivity index (χ1n) is 10.6. The molecule has 0 bridgehead atoms. The van der Waals surface area contributed by atoms with Gasteiger partial charge in [-0.3, -0.25) is 4.79 Å². The molecule has 0 aromatic heterocycles. The SMILES string of the molecule is O=C(Nc1ccc(OC2CCCC2)cc1)c1ccc(CS(=O)(=O)N2CCCC2)cc1. The van der Waals surface area contributed by atoms with Crippen LogP contribution in [-0.4, -0.2) is 37.8 Å². The van der Waals surface area contributed by atoms with E-state index < -0.39 is 10.0 Å². The smallest absolute Gasteiger partial charge is 0.255 e.